The first kappa shape index (κ1) is 31.4. The number of nitrogens with zero attached hydrogens (tertiary/aromatic N) is 5. The second-order valence-electron chi connectivity index (χ2n) is 12.4. The molecule has 0 saturated carbocycles. The first-order chi connectivity index (χ1) is 21.7. The second kappa shape index (κ2) is 13.4. The minimum atomic E-state index is -4.64. The van der Waals surface area contributed by atoms with Crippen LogP contribution >= 0.6 is 11.6 Å². The van der Waals surface area contributed by atoms with E-state index in [0.717, 1.165) is 62.6 Å². The summed E-state index contributed by atoms with van der Waals surface area (Å²) in [5.74, 6) is 1.32. The van der Waals surface area contributed by atoms with Gasteiger partial charge in [0.2, 0.25) is 0 Å². The van der Waals surface area contributed by atoms with Gasteiger partial charge in [-0.05, 0) is 80.3 Å². The Balaban J connectivity index is 1.33. The van der Waals surface area contributed by atoms with Gasteiger partial charge in [0.05, 0.1) is 29.9 Å². The molecule has 3 unspecified atom stereocenters. The van der Waals surface area contributed by atoms with E-state index in [4.69, 9.17) is 11.6 Å². The molecule has 12 heteroatoms. The van der Waals surface area contributed by atoms with Crippen molar-refractivity contribution < 1.29 is 13.2 Å². The van der Waals surface area contributed by atoms with E-state index >= 15 is 0 Å². The van der Waals surface area contributed by atoms with E-state index in [-0.39, 0.29) is 23.3 Å². The molecule has 2 aromatic heterocycles. The third kappa shape index (κ3) is 7.15. The average molecular weight is 640 g/mol. The fourth-order valence-corrected chi connectivity index (χ4v) is 7.10. The van der Waals surface area contributed by atoms with Gasteiger partial charge in [-0.15, -0.1) is 5.10 Å². The van der Waals surface area contributed by atoms with Gasteiger partial charge in [0.1, 0.15) is 0 Å². The number of alkyl halides is 3. The van der Waals surface area contributed by atoms with Gasteiger partial charge in [-0.1, -0.05) is 60.5 Å². The van der Waals surface area contributed by atoms with Crippen LogP contribution in [0, 0.1) is 11.8 Å². The molecule has 6 rings (SSSR count). The highest BCUT2D eigenvalue weighted by atomic mass is 35.5. The maximum atomic E-state index is 13.8. The Morgan fingerprint density at radius 3 is 2.60 bits per heavy atom. The van der Waals surface area contributed by atoms with Crippen LogP contribution in [-0.4, -0.2) is 50.2 Å². The van der Waals surface area contributed by atoms with Crippen molar-refractivity contribution in [1.82, 2.24) is 35.2 Å². The van der Waals surface area contributed by atoms with Gasteiger partial charge in [0.25, 0.3) is 5.56 Å². The number of rotatable bonds is 4. The molecule has 2 saturated heterocycles. The zero-order valence-electron chi connectivity index (χ0n) is 25.1. The molecule has 5 atom stereocenters. The molecule has 0 amide bonds. The van der Waals surface area contributed by atoms with Crippen LogP contribution in [0.1, 0.15) is 62.2 Å². The number of piperidine rings is 1. The highest BCUT2D eigenvalue weighted by molar-refractivity contribution is 6.31. The number of halogens is 4. The van der Waals surface area contributed by atoms with Crippen LogP contribution in [0.15, 0.2) is 71.9 Å². The number of aromatic nitrogens is 5. The summed E-state index contributed by atoms with van der Waals surface area (Å²) in [7, 11) is 0. The minimum absolute atomic E-state index is 0.0905. The minimum Gasteiger partial charge on any atom is -0.316 e. The van der Waals surface area contributed by atoms with Crippen LogP contribution in [0.3, 0.4) is 0 Å². The van der Waals surface area contributed by atoms with Crippen molar-refractivity contribution >= 4 is 11.6 Å². The monoisotopic (exact) mass is 639 g/mol. The number of hydrogen-bond acceptors (Lipinski definition) is 6. The second-order valence-corrected chi connectivity index (χ2v) is 12.8. The summed E-state index contributed by atoms with van der Waals surface area (Å²) in [6.07, 6.45) is 2.57. The van der Waals surface area contributed by atoms with E-state index in [0.29, 0.717) is 34.0 Å². The third-order valence-corrected chi connectivity index (χ3v) is 9.49. The number of benzene rings is 2. The smallest absolute Gasteiger partial charge is 0.316 e. The molecule has 2 aromatic carbocycles. The SMILES string of the molecule is C[C@@H]1CCC[C@H](n2cnc(-c3cc(Cl)ccc3-n3cc(C(F)(F)F)nn3)cc2=O)C2CC(CCN2)C(c2ccccc2)CNC1. The lowest BCUT2D eigenvalue weighted by molar-refractivity contribution is -0.141. The molecule has 4 aromatic rings. The van der Waals surface area contributed by atoms with Crippen LogP contribution in [-0.2, 0) is 6.18 Å². The molecule has 2 aliphatic heterocycles. The van der Waals surface area contributed by atoms with Crippen molar-refractivity contribution in [3.8, 4) is 16.9 Å². The van der Waals surface area contributed by atoms with Crippen molar-refractivity contribution in [3.63, 3.8) is 0 Å². The molecule has 2 fully saturated rings. The summed E-state index contributed by atoms with van der Waals surface area (Å²) in [5, 5.41) is 14.8. The Morgan fingerprint density at radius 2 is 1.84 bits per heavy atom. The Bertz CT molecular complexity index is 1660. The first-order valence-corrected chi connectivity index (χ1v) is 15.9. The van der Waals surface area contributed by atoms with Gasteiger partial charge < -0.3 is 10.6 Å². The standard InChI is InChI=1S/C33H37ClF3N7O/c1-21-6-5-9-30(28-14-23(12-13-39-28)26(18-38-17-21)22-7-3-2-4-8-22)43-20-40-27(16-32(43)45)25-15-24(34)10-11-29(25)44-19-31(41-42-44)33(35,36)37/h2-4,7-8,10-11,15-16,19-21,23,26,28,30,38-39H,5-6,9,12-14,17-18H2,1H3/t21-,23?,26?,28?,30+/m1/s1. The van der Waals surface area contributed by atoms with Crippen LogP contribution in [0.5, 0.6) is 0 Å². The maximum Gasteiger partial charge on any atom is 0.436 e. The summed E-state index contributed by atoms with van der Waals surface area (Å²) < 4.78 is 42.5. The molecule has 4 heterocycles. The summed E-state index contributed by atoms with van der Waals surface area (Å²) in [5.41, 5.74) is 0.954. The van der Waals surface area contributed by atoms with Crippen molar-refractivity contribution in [2.24, 2.45) is 11.8 Å². The zero-order chi connectivity index (χ0) is 31.6. The number of nitrogens with one attached hydrogen (secondary N) is 2. The lowest BCUT2D eigenvalue weighted by Crippen LogP contribution is -2.48. The Kier molecular flexibility index (Phi) is 9.39. The molecule has 45 heavy (non-hydrogen) atoms. The summed E-state index contributed by atoms with van der Waals surface area (Å²) >= 11 is 6.29. The van der Waals surface area contributed by atoms with Crippen LogP contribution in [0.25, 0.3) is 16.9 Å². The predicted molar refractivity (Wildman–Crippen MR) is 167 cm³/mol. The van der Waals surface area contributed by atoms with Gasteiger partial charge in [-0.25, -0.2) is 9.67 Å². The third-order valence-electron chi connectivity index (χ3n) is 9.25. The van der Waals surface area contributed by atoms with Crippen molar-refractivity contribution in [1.29, 1.82) is 0 Å². The van der Waals surface area contributed by atoms with Crippen LogP contribution in [0.4, 0.5) is 13.2 Å². The van der Waals surface area contributed by atoms with Gasteiger partial charge in [0.15, 0.2) is 5.69 Å². The van der Waals surface area contributed by atoms with Gasteiger partial charge in [-0.2, -0.15) is 13.2 Å². The summed E-state index contributed by atoms with van der Waals surface area (Å²) in [6, 6.07) is 16.8. The first-order valence-electron chi connectivity index (χ1n) is 15.5. The summed E-state index contributed by atoms with van der Waals surface area (Å²) in [4.78, 5) is 18.5. The van der Waals surface area contributed by atoms with Gasteiger partial charge >= 0.3 is 6.18 Å². The van der Waals surface area contributed by atoms with Gasteiger partial charge in [-0.3, -0.25) is 9.36 Å². The molecule has 2 aliphatic rings. The molecule has 0 aliphatic carbocycles. The van der Waals surface area contributed by atoms with E-state index < -0.39 is 11.9 Å². The largest absolute Gasteiger partial charge is 0.436 e. The quantitative estimate of drug-likeness (QED) is 0.274. The molecule has 8 nitrogen and oxygen atoms in total. The molecule has 2 bridgehead atoms. The van der Waals surface area contributed by atoms with Crippen LogP contribution in [0.2, 0.25) is 5.02 Å². The number of hydrogen-bond donors (Lipinski definition) is 2. The van der Waals surface area contributed by atoms with E-state index in [2.05, 4.69) is 63.2 Å². The molecule has 0 radical (unpaired) electrons. The fourth-order valence-electron chi connectivity index (χ4n) is 6.92. The molecular weight excluding hydrogens is 603 g/mol. The fraction of sp³-hybridized carbons (Fsp3) is 0.455. The van der Waals surface area contributed by atoms with E-state index in [1.54, 1.807) is 23.0 Å². The zero-order valence-corrected chi connectivity index (χ0v) is 25.8. The highest BCUT2D eigenvalue weighted by Gasteiger charge is 2.36. The lowest BCUT2D eigenvalue weighted by atomic mass is 9.76. The summed E-state index contributed by atoms with van der Waals surface area (Å²) in [6.45, 7) is 5.01. The molecule has 238 valence electrons. The lowest BCUT2D eigenvalue weighted by Gasteiger charge is -2.40. The van der Waals surface area contributed by atoms with E-state index in [1.807, 2.05) is 0 Å². The van der Waals surface area contributed by atoms with Crippen molar-refractivity contribution in [2.45, 2.75) is 63.2 Å². The average Bonchev–Trinajstić information content (AvgIpc) is 3.53. The Labute approximate surface area is 265 Å². The molecular formula is C33H37ClF3N7O. The van der Waals surface area contributed by atoms with Crippen molar-refractivity contribution in [3.05, 3.63) is 93.8 Å². The highest BCUT2D eigenvalue weighted by Crippen LogP contribution is 2.37. The van der Waals surface area contributed by atoms with Gasteiger partial charge in [0, 0.05) is 29.2 Å². The van der Waals surface area contributed by atoms with Crippen molar-refractivity contribution in [2.75, 3.05) is 19.6 Å². The molecule has 2 N–H and O–H groups in total. The normalized spacial score (nSPS) is 24.9. The predicted octanol–water partition coefficient (Wildman–Crippen LogP) is 6.27. The van der Waals surface area contributed by atoms with Crippen LogP contribution < -0.4 is 16.2 Å². The molecule has 0 spiro atoms. The van der Waals surface area contributed by atoms with E-state index in [9.17, 15) is 18.0 Å². The topological polar surface area (TPSA) is 89.7 Å². The maximum absolute atomic E-state index is 13.8. The van der Waals surface area contributed by atoms with E-state index in [1.165, 1.54) is 17.7 Å². The Hall–Kier alpha value is -3.54. The Morgan fingerprint density at radius 1 is 1.02 bits per heavy atom. The number of fused-ring (bicyclic) bond motifs is 2.